The Morgan fingerprint density at radius 3 is 2.68 bits per heavy atom. The van der Waals surface area contributed by atoms with E-state index in [-0.39, 0.29) is 11.6 Å². The number of aromatic nitrogens is 1. The molecule has 19 heavy (non-hydrogen) atoms. The summed E-state index contributed by atoms with van der Waals surface area (Å²) in [6, 6.07) is 5.20. The van der Waals surface area contributed by atoms with Gasteiger partial charge in [0.05, 0.1) is 12.1 Å². The van der Waals surface area contributed by atoms with Crippen LogP contribution in [0.5, 0.6) is 5.75 Å². The zero-order valence-corrected chi connectivity index (χ0v) is 11.6. The van der Waals surface area contributed by atoms with Crippen LogP contribution in [0.25, 0.3) is 10.9 Å². The molecule has 1 aromatic carbocycles. The summed E-state index contributed by atoms with van der Waals surface area (Å²) in [6.45, 7) is 4.42. The molecule has 1 N–H and O–H groups in total. The molecule has 0 saturated heterocycles. The van der Waals surface area contributed by atoms with Gasteiger partial charge in [0.15, 0.2) is 11.6 Å². The molecule has 4 heteroatoms. The van der Waals surface area contributed by atoms with Gasteiger partial charge in [0.1, 0.15) is 5.82 Å². The summed E-state index contributed by atoms with van der Waals surface area (Å²) >= 11 is 0. The fraction of sp³-hybridized carbons (Fsp3) is 0.400. The first-order valence-corrected chi connectivity index (χ1v) is 6.63. The van der Waals surface area contributed by atoms with Crippen LogP contribution in [0.15, 0.2) is 18.2 Å². The van der Waals surface area contributed by atoms with Crippen molar-refractivity contribution in [1.82, 2.24) is 4.98 Å². The van der Waals surface area contributed by atoms with E-state index < -0.39 is 0 Å². The fourth-order valence-electron chi connectivity index (χ4n) is 2.16. The van der Waals surface area contributed by atoms with Crippen molar-refractivity contribution in [3.8, 4) is 5.75 Å². The molecule has 0 aliphatic carbocycles. The van der Waals surface area contributed by atoms with Crippen LogP contribution in [0, 0.1) is 5.82 Å². The third-order valence-electron chi connectivity index (χ3n) is 3.00. The lowest BCUT2D eigenvalue weighted by Gasteiger charge is -2.11. The Kier molecular flexibility index (Phi) is 4.20. The number of nitrogens with zero attached hydrogens (tertiary/aromatic N) is 1. The molecule has 1 heterocycles. The second-order valence-electron chi connectivity index (χ2n) is 4.40. The maximum absolute atomic E-state index is 13.8. The van der Waals surface area contributed by atoms with Gasteiger partial charge >= 0.3 is 0 Å². The lowest BCUT2D eigenvalue weighted by Crippen LogP contribution is -2.00. The molecule has 1 aromatic heterocycles. The Bertz CT molecular complexity index is 584. The fourth-order valence-corrected chi connectivity index (χ4v) is 2.16. The Hall–Kier alpha value is -1.84. The molecular formula is C15H19FN2O. The van der Waals surface area contributed by atoms with Gasteiger partial charge < -0.3 is 10.1 Å². The number of fused-ring (bicyclic) bond motifs is 1. The van der Waals surface area contributed by atoms with Crippen molar-refractivity contribution in [1.29, 1.82) is 0 Å². The number of aryl methyl sites for hydroxylation is 1. The van der Waals surface area contributed by atoms with Crippen molar-refractivity contribution >= 4 is 16.7 Å². The van der Waals surface area contributed by atoms with Crippen LogP contribution in [0.2, 0.25) is 0 Å². The van der Waals surface area contributed by atoms with Crippen molar-refractivity contribution in [3.63, 3.8) is 0 Å². The highest BCUT2D eigenvalue weighted by Gasteiger charge is 2.10. The topological polar surface area (TPSA) is 34.1 Å². The van der Waals surface area contributed by atoms with Crippen molar-refractivity contribution in [2.24, 2.45) is 0 Å². The van der Waals surface area contributed by atoms with E-state index in [1.165, 1.54) is 6.07 Å². The smallest absolute Gasteiger partial charge is 0.167 e. The molecular weight excluding hydrogens is 243 g/mol. The molecule has 0 atom stereocenters. The molecule has 0 bridgehead atoms. The van der Waals surface area contributed by atoms with Crippen LogP contribution in [-0.4, -0.2) is 18.6 Å². The monoisotopic (exact) mass is 262 g/mol. The summed E-state index contributed by atoms with van der Waals surface area (Å²) < 4.78 is 19.1. The predicted octanol–water partition coefficient (Wildman–Crippen LogP) is 3.77. The number of ether oxygens (including phenoxy) is 1. The van der Waals surface area contributed by atoms with E-state index in [2.05, 4.69) is 23.3 Å². The van der Waals surface area contributed by atoms with Gasteiger partial charge in [-0.1, -0.05) is 13.3 Å². The standard InChI is InChI=1S/C15H19FN2O/c1-4-6-10-7-11-8-14(19-5-2)12(16)9-13(11)18-15(10)17-3/h7-9H,4-6H2,1-3H3,(H,17,18). The predicted molar refractivity (Wildman–Crippen MR) is 76.4 cm³/mol. The summed E-state index contributed by atoms with van der Waals surface area (Å²) in [4.78, 5) is 4.47. The maximum atomic E-state index is 13.8. The van der Waals surface area contributed by atoms with Crippen LogP contribution in [0.3, 0.4) is 0 Å². The van der Waals surface area contributed by atoms with Gasteiger partial charge in [-0.05, 0) is 31.0 Å². The van der Waals surface area contributed by atoms with Gasteiger partial charge in [0, 0.05) is 18.5 Å². The van der Waals surface area contributed by atoms with Crippen LogP contribution in [0.4, 0.5) is 10.2 Å². The quantitative estimate of drug-likeness (QED) is 0.890. The molecule has 0 spiro atoms. The molecule has 2 rings (SSSR count). The number of halogens is 1. The number of hydrogen-bond donors (Lipinski definition) is 1. The second-order valence-corrected chi connectivity index (χ2v) is 4.40. The van der Waals surface area contributed by atoms with Crippen molar-refractivity contribution < 1.29 is 9.13 Å². The van der Waals surface area contributed by atoms with Crippen molar-refractivity contribution in [2.45, 2.75) is 26.7 Å². The molecule has 102 valence electrons. The van der Waals surface area contributed by atoms with E-state index in [1.54, 1.807) is 6.07 Å². The Morgan fingerprint density at radius 1 is 1.26 bits per heavy atom. The number of pyridine rings is 1. The van der Waals surface area contributed by atoms with Crippen LogP contribution in [-0.2, 0) is 6.42 Å². The summed E-state index contributed by atoms with van der Waals surface area (Å²) in [5, 5.41) is 3.98. The molecule has 3 nitrogen and oxygen atoms in total. The van der Waals surface area contributed by atoms with Crippen molar-refractivity contribution in [3.05, 3.63) is 29.6 Å². The van der Waals surface area contributed by atoms with Gasteiger partial charge in [0.25, 0.3) is 0 Å². The van der Waals surface area contributed by atoms with Crippen molar-refractivity contribution in [2.75, 3.05) is 19.0 Å². The molecule has 2 aromatic rings. The van der Waals surface area contributed by atoms with E-state index in [1.807, 2.05) is 14.0 Å². The second kappa shape index (κ2) is 5.87. The summed E-state index contributed by atoms with van der Waals surface area (Å²) in [6.07, 6.45) is 1.99. The lowest BCUT2D eigenvalue weighted by molar-refractivity contribution is 0.322. The Morgan fingerprint density at radius 2 is 2.05 bits per heavy atom. The van der Waals surface area contributed by atoms with Gasteiger partial charge in [0.2, 0.25) is 0 Å². The third-order valence-corrected chi connectivity index (χ3v) is 3.00. The first-order chi connectivity index (χ1) is 9.19. The molecule has 0 unspecified atom stereocenters. The van der Waals surface area contributed by atoms with Crippen LogP contribution < -0.4 is 10.1 Å². The van der Waals surface area contributed by atoms with Crippen LogP contribution in [0.1, 0.15) is 25.8 Å². The van der Waals surface area contributed by atoms with E-state index >= 15 is 0 Å². The normalized spacial score (nSPS) is 10.7. The summed E-state index contributed by atoms with van der Waals surface area (Å²) in [7, 11) is 1.83. The van der Waals surface area contributed by atoms with E-state index in [4.69, 9.17) is 4.74 Å². The number of nitrogens with one attached hydrogen (secondary N) is 1. The summed E-state index contributed by atoms with van der Waals surface area (Å²) in [5.41, 5.74) is 1.79. The third kappa shape index (κ3) is 2.78. The number of benzene rings is 1. The minimum absolute atomic E-state index is 0.288. The molecule has 0 saturated carbocycles. The van der Waals surface area contributed by atoms with E-state index in [0.717, 1.165) is 29.6 Å². The number of anilines is 1. The number of rotatable bonds is 5. The SMILES string of the molecule is CCCc1cc2cc(OCC)c(F)cc2nc1NC. The molecule has 0 aliphatic rings. The largest absolute Gasteiger partial charge is 0.491 e. The maximum Gasteiger partial charge on any atom is 0.167 e. The average molecular weight is 262 g/mol. The van der Waals surface area contributed by atoms with E-state index in [9.17, 15) is 4.39 Å². The summed E-state index contributed by atoms with van der Waals surface area (Å²) in [5.74, 6) is 0.738. The van der Waals surface area contributed by atoms with Gasteiger partial charge in [-0.2, -0.15) is 0 Å². The molecule has 0 amide bonds. The van der Waals surface area contributed by atoms with Gasteiger partial charge in [-0.15, -0.1) is 0 Å². The minimum Gasteiger partial charge on any atom is -0.491 e. The Labute approximate surface area is 112 Å². The molecule has 0 aliphatic heterocycles. The van der Waals surface area contributed by atoms with Crippen LogP contribution >= 0.6 is 0 Å². The number of hydrogen-bond acceptors (Lipinski definition) is 3. The zero-order valence-electron chi connectivity index (χ0n) is 11.6. The highest BCUT2D eigenvalue weighted by atomic mass is 19.1. The molecule has 0 fully saturated rings. The first kappa shape index (κ1) is 13.6. The average Bonchev–Trinajstić information content (AvgIpc) is 2.40. The van der Waals surface area contributed by atoms with Gasteiger partial charge in [-0.25, -0.2) is 9.37 Å². The highest BCUT2D eigenvalue weighted by molar-refractivity contribution is 5.83. The first-order valence-electron chi connectivity index (χ1n) is 6.63. The minimum atomic E-state index is -0.368. The van der Waals surface area contributed by atoms with Gasteiger partial charge in [-0.3, -0.25) is 0 Å². The highest BCUT2D eigenvalue weighted by Crippen LogP contribution is 2.27. The molecule has 0 radical (unpaired) electrons. The lowest BCUT2D eigenvalue weighted by atomic mass is 10.1. The Balaban J connectivity index is 2.57. The van der Waals surface area contributed by atoms with E-state index in [0.29, 0.717) is 12.1 Å². The zero-order chi connectivity index (χ0) is 13.8.